The summed E-state index contributed by atoms with van der Waals surface area (Å²) in [6, 6.07) is 0.764. The second kappa shape index (κ2) is 4.49. The molecule has 0 aromatic heterocycles. The van der Waals surface area contributed by atoms with E-state index in [1.54, 1.807) is 0 Å². The molecule has 70 valence electrons. The first-order chi connectivity index (χ1) is 5.97. The van der Waals surface area contributed by atoms with Crippen LogP contribution < -0.4 is 10.9 Å². The Morgan fingerprint density at radius 3 is 2.58 bits per heavy atom. The lowest BCUT2D eigenvalue weighted by Crippen LogP contribution is -2.50. The fraction of sp³-hybridized carbons (Fsp3) is 1.00. The van der Waals surface area contributed by atoms with Gasteiger partial charge in [-0.15, -0.1) is 0 Å². The molecule has 3 heteroatoms. The van der Waals surface area contributed by atoms with Crippen LogP contribution in [0.1, 0.15) is 25.7 Å². The average molecular weight is 186 g/mol. The van der Waals surface area contributed by atoms with Gasteiger partial charge in [-0.1, -0.05) is 0 Å². The Morgan fingerprint density at radius 2 is 1.92 bits per heavy atom. The summed E-state index contributed by atoms with van der Waals surface area (Å²) in [4.78, 5) is 0. The van der Waals surface area contributed by atoms with Gasteiger partial charge in [0.1, 0.15) is 0 Å². The van der Waals surface area contributed by atoms with E-state index in [4.69, 9.17) is 0 Å². The molecule has 0 radical (unpaired) electrons. The van der Waals surface area contributed by atoms with Crippen molar-refractivity contribution < 1.29 is 0 Å². The van der Waals surface area contributed by atoms with Crippen LogP contribution in [0.3, 0.4) is 0 Å². The van der Waals surface area contributed by atoms with Crippen molar-refractivity contribution in [2.45, 2.75) is 31.7 Å². The van der Waals surface area contributed by atoms with Crippen molar-refractivity contribution >= 4 is 11.8 Å². The molecule has 0 saturated carbocycles. The fourth-order valence-electron chi connectivity index (χ4n) is 2.16. The minimum Gasteiger partial charge on any atom is -0.258 e. The quantitative estimate of drug-likeness (QED) is 0.647. The van der Waals surface area contributed by atoms with E-state index in [1.807, 2.05) is 0 Å². The smallest absolute Gasteiger partial charge is 0.0242 e. The van der Waals surface area contributed by atoms with Gasteiger partial charge in [0.05, 0.1) is 0 Å². The van der Waals surface area contributed by atoms with Crippen molar-refractivity contribution in [1.29, 1.82) is 0 Å². The Labute approximate surface area is 78.8 Å². The molecule has 2 aliphatic heterocycles. The standard InChI is InChI=1S/C9H18N2S/c1-2-9(11-10-5-1)8-3-6-12-7-4-8/h8-11H,1-7H2. The second-order valence-electron chi connectivity index (χ2n) is 3.77. The highest BCUT2D eigenvalue weighted by Gasteiger charge is 2.24. The Bertz CT molecular complexity index is 112. The van der Waals surface area contributed by atoms with E-state index in [1.165, 1.54) is 37.2 Å². The minimum absolute atomic E-state index is 0.764. The molecule has 0 amide bonds. The van der Waals surface area contributed by atoms with E-state index in [0.29, 0.717) is 0 Å². The zero-order valence-electron chi connectivity index (χ0n) is 7.51. The zero-order valence-corrected chi connectivity index (χ0v) is 8.33. The Kier molecular flexibility index (Phi) is 3.31. The number of rotatable bonds is 1. The second-order valence-corrected chi connectivity index (χ2v) is 4.99. The summed E-state index contributed by atoms with van der Waals surface area (Å²) in [5, 5.41) is 0. The highest BCUT2D eigenvalue weighted by atomic mass is 32.2. The average Bonchev–Trinajstić information content (AvgIpc) is 2.21. The first kappa shape index (κ1) is 8.85. The van der Waals surface area contributed by atoms with Crippen molar-refractivity contribution in [3.63, 3.8) is 0 Å². The summed E-state index contributed by atoms with van der Waals surface area (Å²) in [5.41, 5.74) is 6.70. The maximum Gasteiger partial charge on any atom is 0.0242 e. The third kappa shape index (κ3) is 2.15. The molecule has 0 aromatic rings. The van der Waals surface area contributed by atoms with Crippen molar-refractivity contribution in [3.8, 4) is 0 Å². The summed E-state index contributed by atoms with van der Waals surface area (Å²) < 4.78 is 0. The molecule has 0 spiro atoms. The highest BCUT2D eigenvalue weighted by Crippen LogP contribution is 2.27. The first-order valence-corrected chi connectivity index (χ1v) is 6.18. The largest absolute Gasteiger partial charge is 0.258 e. The number of nitrogens with one attached hydrogen (secondary N) is 2. The molecule has 2 saturated heterocycles. The summed E-state index contributed by atoms with van der Waals surface area (Å²) in [7, 11) is 0. The number of hydrazine groups is 1. The van der Waals surface area contributed by atoms with Gasteiger partial charge in [-0.25, -0.2) is 0 Å². The van der Waals surface area contributed by atoms with Gasteiger partial charge >= 0.3 is 0 Å². The SMILES string of the molecule is C1CNNC(C2CCSCC2)C1. The van der Waals surface area contributed by atoms with E-state index in [9.17, 15) is 0 Å². The molecular formula is C9H18N2S. The maximum atomic E-state index is 3.43. The lowest BCUT2D eigenvalue weighted by atomic mass is 9.90. The van der Waals surface area contributed by atoms with Crippen LogP contribution in [0.25, 0.3) is 0 Å². The highest BCUT2D eigenvalue weighted by molar-refractivity contribution is 7.99. The van der Waals surface area contributed by atoms with Crippen LogP contribution >= 0.6 is 11.8 Å². The van der Waals surface area contributed by atoms with E-state index in [-0.39, 0.29) is 0 Å². The Balaban J connectivity index is 1.80. The van der Waals surface area contributed by atoms with Crippen molar-refractivity contribution in [3.05, 3.63) is 0 Å². The van der Waals surface area contributed by atoms with Gasteiger partial charge in [0.15, 0.2) is 0 Å². The number of hydrogen-bond acceptors (Lipinski definition) is 3. The molecule has 2 rings (SSSR count). The van der Waals surface area contributed by atoms with E-state index >= 15 is 0 Å². The van der Waals surface area contributed by atoms with E-state index in [2.05, 4.69) is 22.6 Å². The van der Waals surface area contributed by atoms with Gasteiger partial charge in [0.25, 0.3) is 0 Å². The van der Waals surface area contributed by atoms with Gasteiger partial charge in [0, 0.05) is 12.6 Å². The molecule has 1 atom stereocenters. The molecule has 2 heterocycles. The third-order valence-corrected chi connectivity index (χ3v) is 3.99. The van der Waals surface area contributed by atoms with Crippen LogP contribution in [0.15, 0.2) is 0 Å². The summed E-state index contributed by atoms with van der Waals surface area (Å²) in [6.07, 6.45) is 5.57. The molecule has 2 fully saturated rings. The molecule has 0 bridgehead atoms. The van der Waals surface area contributed by atoms with E-state index < -0.39 is 0 Å². The van der Waals surface area contributed by atoms with Crippen LogP contribution in [-0.2, 0) is 0 Å². The number of thioether (sulfide) groups is 1. The topological polar surface area (TPSA) is 24.1 Å². The minimum atomic E-state index is 0.764. The predicted octanol–water partition coefficient (Wildman–Crippen LogP) is 1.39. The third-order valence-electron chi connectivity index (χ3n) is 2.94. The molecule has 12 heavy (non-hydrogen) atoms. The van der Waals surface area contributed by atoms with Gasteiger partial charge in [0.2, 0.25) is 0 Å². The molecular weight excluding hydrogens is 168 g/mol. The lowest BCUT2D eigenvalue weighted by Gasteiger charge is -2.33. The van der Waals surface area contributed by atoms with Crippen molar-refractivity contribution in [2.75, 3.05) is 18.1 Å². The fourth-order valence-corrected chi connectivity index (χ4v) is 3.30. The van der Waals surface area contributed by atoms with Crippen molar-refractivity contribution in [1.82, 2.24) is 10.9 Å². The molecule has 2 N–H and O–H groups in total. The van der Waals surface area contributed by atoms with Crippen LogP contribution in [0.2, 0.25) is 0 Å². The Morgan fingerprint density at radius 1 is 1.08 bits per heavy atom. The van der Waals surface area contributed by atoms with Crippen LogP contribution in [0.5, 0.6) is 0 Å². The van der Waals surface area contributed by atoms with Gasteiger partial charge in [-0.3, -0.25) is 10.9 Å². The van der Waals surface area contributed by atoms with Gasteiger partial charge in [-0.05, 0) is 43.1 Å². The summed E-state index contributed by atoms with van der Waals surface area (Å²) >= 11 is 2.11. The maximum absolute atomic E-state index is 3.43. The first-order valence-electron chi connectivity index (χ1n) is 5.03. The van der Waals surface area contributed by atoms with Crippen LogP contribution in [0, 0.1) is 5.92 Å². The molecule has 0 aromatic carbocycles. The van der Waals surface area contributed by atoms with Gasteiger partial charge in [-0.2, -0.15) is 11.8 Å². The molecule has 0 aliphatic carbocycles. The van der Waals surface area contributed by atoms with E-state index in [0.717, 1.165) is 18.5 Å². The van der Waals surface area contributed by atoms with Crippen LogP contribution in [-0.4, -0.2) is 24.1 Å². The number of hydrogen-bond donors (Lipinski definition) is 2. The molecule has 2 nitrogen and oxygen atoms in total. The normalized spacial score (nSPS) is 33.5. The molecule has 1 unspecified atom stereocenters. The summed E-state index contributed by atoms with van der Waals surface area (Å²) in [5.74, 6) is 3.70. The van der Waals surface area contributed by atoms with Crippen LogP contribution in [0.4, 0.5) is 0 Å². The molecule has 2 aliphatic rings. The monoisotopic (exact) mass is 186 g/mol. The van der Waals surface area contributed by atoms with Gasteiger partial charge < -0.3 is 0 Å². The predicted molar refractivity (Wildman–Crippen MR) is 54.2 cm³/mol. The summed E-state index contributed by atoms with van der Waals surface area (Å²) in [6.45, 7) is 1.15. The van der Waals surface area contributed by atoms with Crippen molar-refractivity contribution in [2.24, 2.45) is 5.92 Å². The zero-order chi connectivity index (χ0) is 8.23. The Hall–Kier alpha value is 0.270. The lowest BCUT2D eigenvalue weighted by molar-refractivity contribution is 0.247.